The summed E-state index contributed by atoms with van der Waals surface area (Å²) in [7, 11) is 2.03. The Bertz CT molecular complexity index is 516. The molecule has 0 amide bonds. The van der Waals surface area contributed by atoms with Gasteiger partial charge in [0, 0.05) is 25.5 Å². The number of benzene rings is 1. The van der Waals surface area contributed by atoms with Crippen molar-refractivity contribution in [3.05, 3.63) is 64.1 Å². The van der Waals surface area contributed by atoms with E-state index in [2.05, 4.69) is 25.8 Å². The molecular weight excluding hydrogens is 295 g/mol. The second kappa shape index (κ2) is 6.07. The summed E-state index contributed by atoms with van der Waals surface area (Å²) in [6.45, 7) is 1.59. The summed E-state index contributed by atoms with van der Waals surface area (Å²) in [6, 6.07) is 9.08. The van der Waals surface area contributed by atoms with Crippen LogP contribution in [0.4, 0.5) is 4.39 Å². The fourth-order valence-corrected chi connectivity index (χ4v) is 2.24. The second-order valence-corrected chi connectivity index (χ2v) is 5.14. The van der Waals surface area contributed by atoms with Gasteiger partial charge in [0.25, 0.3) is 0 Å². The zero-order valence-corrected chi connectivity index (χ0v) is 11.7. The molecule has 1 aromatic carbocycles. The van der Waals surface area contributed by atoms with E-state index in [-0.39, 0.29) is 5.82 Å². The number of hydrogen-bond donors (Lipinski definition) is 0. The summed E-state index contributed by atoms with van der Waals surface area (Å²) in [4.78, 5) is 6.25. The zero-order valence-electron chi connectivity index (χ0n) is 10.1. The van der Waals surface area contributed by atoms with Gasteiger partial charge in [0.1, 0.15) is 5.82 Å². The van der Waals surface area contributed by atoms with Crippen LogP contribution in [0.1, 0.15) is 11.1 Å². The second-order valence-electron chi connectivity index (χ2n) is 4.28. The van der Waals surface area contributed by atoms with Gasteiger partial charge in [-0.2, -0.15) is 0 Å². The normalized spacial score (nSPS) is 10.9. The van der Waals surface area contributed by atoms with E-state index < -0.39 is 0 Å². The molecule has 4 heteroatoms. The molecule has 1 heterocycles. The highest BCUT2D eigenvalue weighted by Crippen LogP contribution is 2.18. The molecule has 0 saturated carbocycles. The molecule has 0 atom stereocenters. The topological polar surface area (TPSA) is 16.1 Å². The molecule has 2 nitrogen and oxygen atoms in total. The van der Waals surface area contributed by atoms with Gasteiger partial charge in [-0.1, -0.05) is 12.1 Å². The number of nitrogens with zero attached hydrogens (tertiary/aromatic N) is 2. The highest BCUT2D eigenvalue weighted by molar-refractivity contribution is 9.10. The van der Waals surface area contributed by atoms with E-state index in [0.717, 1.165) is 18.7 Å². The smallest absolute Gasteiger partial charge is 0.137 e. The van der Waals surface area contributed by atoms with Gasteiger partial charge >= 0.3 is 0 Å². The number of pyridine rings is 1. The number of halogens is 2. The Hall–Kier alpha value is -1.26. The Balaban J connectivity index is 1.99. The molecule has 0 aliphatic carbocycles. The SMILES string of the molecule is CN(Cc1cccnc1)Cc1ccc(F)c(Br)c1. The molecule has 0 saturated heterocycles. The van der Waals surface area contributed by atoms with Crippen molar-refractivity contribution >= 4 is 15.9 Å². The molecule has 1 aromatic heterocycles. The van der Waals surface area contributed by atoms with Crippen molar-refractivity contribution in [3.63, 3.8) is 0 Å². The first-order chi connectivity index (χ1) is 8.65. The zero-order chi connectivity index (χ0) is 13.0. The predicted molar refractivity (Wildman–Crippen MR) is 73.5 cm³/mol. The van der Waals surface area contributed by atoms with Gasteiger partial charge in [-0.25, -0.2) is 4.39 Å². The third-order valence-electron chi connectivity index (χ3n) is 2.61. The van der Waals surface area contributed by atoms with Gasteiger partial charge in [0.15, 0.2) is 0 Å². The molecule has 0 fully saturated rings. The van der Waals surface area contributed by atoms with E-state index in [4.69, 9.17) is 0 Å². The first kappa shape index (κ1) is 13.2. The van der Waals surface area contributed by atoms with Crippen LogP contribution in [-0.2, 0) is 13.1 Å². The minimum Gasteiger partial charge on any atom is -0.298 e. The van der Waals surface area contributed by atoms with Gasteiger partial charge in [0.05, 0.1) is 4.47 Å². The number of hydrogen-bond acceptors (Lipinski definition) is 2. The van der Waals surface area contributed by atoms with Gasteiger partial charge in [-0.15, -0.1) is 0 Å². The fraction of sp³-hybridized carbons (Fsp3) is 0.214. The average Bonchev–Trinajstić information content (AvgIpc) is 2.35. The molecule has 2 aromatic rings. The summed E-state index contributed by atoms with van der Waals surface area (Å²) in [5.74, 6) is -0.228. The van der Waals surface area contributed by atoms with Crippen LogP contribution in [-0.4, -0.2) is 16.9 Å². The third-order valence-corrected chi connectivity index (χ3v) is 3.22. The lowest BCUT2D eigenvalue weighted by Crippen LogP contribution is -2.17. The lowest BCUT2D eigenvalue weighted by molar-refractivity contribution is 0.318. The Morgan fingerprint density at radius 1 is 1.22 bits per heavy atom. The molecule has 0 radical (unpaired) electrons. The Labute approximate surface area is 115 Å². The minimum atomic E-state index is -0.228. The Morgan fingerprint density at radius 2 is 2.00 bits per heavy atom. The maximum atomic E-state index is 13.1. The van der Waals surface area contributed by atoms with Gasteiger partial charge in [-0.3, -0.25) is 9.88 Å². The molecule has 0 aliphatic rings. The van der Waals surface area contributed by atoms with Crippen LogP contribution in [0.5, 0.6) is 0 Å². The van der Waals surface area contributed by atoms with Gasteiger partial charge < -0.3 is 0 Å². The van der Waals surface area contributed by atoms with Crippen molar-refractivity contribution in [3.8, 4) is 0 Å². The number of aromatic nitrogens is 1. The van der Waals surface area contributed by atoms with E-state index in [1.54, 1.807) is 12.3 Å². The van der Waals surface area contributed by atoms with E-state index in [1.807, 2.05) is 31.4 Å². The van der Waals surface area contributed by atoms with E-state index >= 15 is 0 Å². The molecule has 0 aliphatic heterocycles. The molecule has 18 heavy (non-hydrogen) atoms. The van der Waals surface area contributed by atoms with Crippen molar-refractivity contribution in [1.82, 2.24) is 9.88 Å². The lowest BCUT2D eigenvalue weighted by atomic mass is 10.2. The number of rotatable bonds is 4. The standard InChI is InChI=1S/C14H14BrFN2/c1-18(10-12-3-2-6-17-8-12)9-11-4-5-14(16)13(15)7-11/h2-8H,9-10H2,1H3. The maximum absolute atomic E-state index is 13.1. The third kappa shape index (κ3) is 3.62. The molecular formula is C14H14BrFN2. The van der Waals surface area contributed by atoms with Gasteiger partial charge in [0.2, 0.25) is 0 Å². The highest BCUT2D eigenvalue weighted by atomic mass is 79.9. The van der Waals surface area contributed by atoms with E-state index in [0.29, 0.717) is 4.47 Å². The minimum absolute atomic E-state index is 0.228. The van der Waals surface area contributed by atoms with Crippen LogP contribution in [0.2, 0.25) is 0 Å². The molecule has 2 rings (SSSR count). The van der Waals surface area contributed by atoms with Crippen molar-refractivity contribution in [2.24, 2.45) is 0 Å². The average molecular weight is 309 g/mol. The molecule has 0 bridgehead atoms. The summed E-state index contributed by atoms with van der Waals surface area (Å²) in [6.07, 6.45) is 3.62. The van der Waals surface area contributed by atoms with Crippen LogP contribution in [0.3, 0.4) is 0 Å². The van der Waals surface area contributed by atoms with Crippen LogP contribution < -0.4 is 0 Å². The van der Waals surface area contributed by atoms with Crippen molar-refractivity contribution in [2.75, 3.05) is 7.05 Å². The van der Waals surface area contributed by atoms with E-state index in [1.165, 1.54) is 11.6 Å². The van der Waals surface area contributed by atoms with Crippen LogP contribution in [0, 0.1) is 5.82 Å². The largest absolute Gasteiger partial charge is 0.298 e. The summed E-state index contributed by atoms with van der Waals surface area (Å²) < 4.78 is 13.6. The summed E-state index contributed by atoms with van der Waals surface area (Å²) >= 11 is 3.20. The van der Waals surface area contributed by atoms with Crippen LogP contribution in [0.15, 0.2) is 47.2 Å². The molecule has 0 unspecified atom stereocenters. The van der Waals surface area contributed by atoms with Crippen molar-refractivity contribution in [1.29, 1.82) is 0 Å². The van der Waals surface area contributed by atoms with Crippen molar-refractivity contribution in [2.45, 2.75) is 13.1 Å². The predicted octanol–water partition coefficient (Wildman–Crippen LogP) is 3.62. The maximum Gasteiger partial charge on any atom is 0.137 e. The molecule has 94 valence electrons. The quantitative estimate of drug-likeness (QED) is 0.857. The summed E-state index contributed by atoms with van der Waals surface area (Å²) in [5.41, 5.74) is 2.25. The monoisotopic (exact) mass is 308 g/mol. The highest BCUT2D eigenvalue weighted by Gasteiger charge is 2.04. The van der Waals surface area contributed by atoms with Gasteiger partial charge in [-0.05, 0) is 52.3 Å². The molecule has 0 spiro atoms. The fourth-order valence-electron chi connectivity index (χ4n) is 1.81. The lowest BCUT2D eigenvalue weighted by Gasteiger charge is -2.16. The molecule has 0 N–H and O–H groups in total. The van der Waals surface area contributed by atoms with Crippen LogP contribution in [0.25, 0.3) is 0 Å². The Morgan fingerprint density at radius 3 is 2.67 bits per heavy atom. The summed E-state index contributed by atoms with van der Waals surface area (Å²) in [5, 5.41) is 0. The Kier molecular flexibility index (Phi) is 4.44. The van der Waals surface area contributed by atoms with Crippen LogP contribution >= 0.6 is 15.9 Å². The van der Waals surface area contributed by atoms with Crippen molar-refractivity contribution < 1.29 is 4.39 Å². The first-order valence-electron chi connectivity index (χ1n) is 5.66. The van der Waals surface area contributed by atoms with E-state index in [9.17, 15) is 4.39 Å². The first-order valence-corrected chi connectivity index (χ1v) is 6.46.